The van der Waals surface area contributed by atoms with E-state index in [2.05, 4.69) is 5.32 Å². The molecule has 5 nitrogen and oxygen atoms in total. The summed E-state index contributed by atoms with van der Waals surface area (Å²) in [6.07, 6.45) is 4.80. The highest BCUT2D eigenvalue weighted by molar-refractivity contribution is 5.94. The highest BCUT2D eigenvalue weighted by Gasteiger charge is 2.34. The third kappa shape index (κ3) is 3.40. The van der Waals surface area contributed by atoms with E-state index in [9.17, 15) is 9.59 Å². The lowest BCUT2D eigenvalue weighted by Crippen LogP contribution is -2.60. The minimum absolute atomic E-state index is 0.0398. The lowest BCUT2D eigenvalue weighted by atomic mass is 10.0. The van der Waals surface area contributed by atoms with E-state index in [0.29, 0.717) is 6.42 Å². The standard InChI is InChI=1S/C15H22N2O3/c1-3-5-13-15(19)17(10-14(18)16-13)11(2)7-8-12-6-4-9-20-12/h4,6,9,11,13H,3,5,7-8,10H2,1-2H3,(H,16,18). The van der Waals surface area contributed by atoms with Gasteiger partial charge in [-0.25, -0.2) is 0 Å². The van der Waals surface area contributed by atoms with Crippen LogP contribution in [0.2, 0.25) is 0 Å². The zero-order valence-corrected chi connectivity index (χ0v) is 12.1. The molecule has 1 aliphatic heterocycles. The van der Waals surface area contributed by atoms with Crippen LogP contribution in [0.15, 0.2) is 22.8 Å². The summed E-state index contributed by atoms with van der Waals surface area (Å²) in [6.45, 7) is 4.17. The fourth-order valence-electron chi connectivity index (χ4n) is 2.55. The second kappa shape index (κ2) is 6.59. The zero-order valence-electron chi connectivity index (χ0n) is 12.1. The largest absolute Gasteiger partial charge is 0.469 e. The molecule has 0 aliphatic carbocycles. The van der Waals surface area contributed by atoms with Crippen LogP contribution in [0.5, 0.6) is 0 Å². The summed E-state index contributed by atoms with van der Waals surface area (Å²) in [5.41, 5.74) is 0. The van der Waals surface area contributed by atoms with Gasteiger partial charge in [-0.05, 0) is 31.9 Å². The summed E-state index contributed by atoms with van der Waals surface area (Å²) in [6, 6.07) is 3.47. The van der Waals surface area contributed by atoms with Gasteiger partial charge in [0.15, 0.2) is 0 Å². The molecule has 110 valence electrons. The monoisotopic (exact) mass is 278 g/mol. The van der Waals surface area contributed by atoms with Crippen molar-refractivity contribution in [2.45, 2.75) is 51.6 Å². The fraction of sp³-hybridized carbons (Fsp3) is 0.600. The summed E-state index contributed by atoms with van der Waals surface area (Å²) in [5.74, 6) is 0.891. The van der Waals surface area contributed by atoms with Crippen molar-refractivity contribution in [3.63, 3.8) is 0 Å². The van der Waals surface area contributed by atoms with Crippen LogP contribution in [0.3, 0.4) is 0 Å². The number of carbonyl (C=O) groups is 2. The Bertz CT molecular complexity index is 456. The van der Waals surface area contributed by atoms with E-state index in [4.69, 9.17) is 4.42 Å². The minimum Gasteiger partial charge on any atom is -0.469 e. The second-order valence-electron chi connectivity index (χ2n) is 5.34. The Morgan fingerprint density at radius 2 is 2.30 bits per heavy atom. The molecule has 0 spiro atoms. The number of amides is 2. The number of furan rings is 1. The van der Waals surface area contributed by atoms with Gasteiger partial charge in [-0.15, -0.1) is 0 Å². The van der Waals surface area contributed by atoms with E-state index >= 15 is 0 Å². The van der Waals surface area contributed by atoms with E-state index in [1.54, 1.807) is 11.2 Å². The molecule has 2 unspecified atom stereocenters. The summed E-state index contributed by atoms with van der Waals surface area (Å²) >= 11 is 0. The SMILES string of the molecule is CCCC1NC(=O)CN(C(C)CCc2ccco2)C1=O. The number of rotatable bonds is 6. The van der Waals surface area contributed by atoms with Gasteiger partial charge in [0.2, 0.25) is 11.8 Å². The van der Waals surface area contributed by atoms with Gasteiger partial charge in [-0.1, -0.05) is 13.3 Å². The number of aryl methyl sites for hydroxylation is 1. The predicted molar refractivity (Wildman–Crippen MR) is 75.0 cm³/mol. The zero-order chi connectivity index (χ0) is 14.5. The predicted octanol–water partition coefficient (Wildman–Crippen LogP) is 1.73. The van der Waals surface area contributed by atoms with Gasteiger partial charge in [-0.3, -0.25) is 9.59 Å². The van der Waals surface area contributed by atoms with Gasteiger partial charge >= 0.3 is 0 Å². The van der Waals surface area contributed by atoms with Crippen LogP contribution in [-0.2, 0) is 16.0 Å². The molecule has 0 radical (unpaired) electrons. The third-order valence-electron chi connectivity index (χ3n) is 3.73. The van der Waals surface area contributed by atoms with Crippen molar-refractivity contribution in [2.75, 3.05) is 6.54 Å². The molecule has 1 aromatic rings. The Hall–Kier alpha value is -1.78. The topological polar surface area (TPSA) is 62.6 Å². The molecular formula is C15H22N2O3. The van der Waals surface area contributed by atoms with Crippen molar-refractivity contribution in [3.8, 4) is 0 Å². The van der Waals surface area contributed by atoms with Crippen molar-refractivity contribution in [2.24, 2.45) is 0 Å². The van der Waals surface area contributed by atoms with Gasteiger partial charge in [0.1, 0.15) is 11.8 Å². The Balaban J connectivity index is 1.94. The molecule has 0 bridgehead atoms. The normalized spacial score (nSPS) is 20.9. The molecule has 1 saturated heterocycles. The summed E-state index contributed by atoms with van der Waals surface area (Å²) < 4.78 is 5.30. The third-order valence-corrected chi connectivity index (χ3v) is 3.73. The van der Waals surface area contributed by atoms with E-state index in [0.717, 1.165) is 25.0 Å². The molecule has 2 rings (SSSR count). The first-order valence-electron chi connectivity index (χ1n) is 7.24. The van der Waals surface area contributed by atoms with Gasteiger partial charge in [0.05, 0.1) is 12.8 Å². The molecule has 2 heterocycles. The lowest BCUT2D eigenvalue weighted by Gasteiger charge is -2.36. The van der Waals surface area contributed by atoms with Crippen LogP contribution in [-0.4, -0.2) is 35.3 Å². The molecule has 5 heteroatoms. The van der Waals surface area contributed by atoms with Crippen molar-refractivity contribution >= 4 is 11.8 Å². The number of carbonyl (C=O) groups excluding carboxylic acids is 2. The first-order chi connectivity index (χ1) is 9.61. The molecular weight excluding hydrogens is 256 g/mol. The molecule has 2 atom stereocenters. The van der Waals surface area contributed by atoms with Gasteiger partial charge in [0, 0.05) is 12.5 Å². The van der Waals surface area contributed by atoms with Gasteiger partial charge in [0.25, 0.3) is 0 Å². The maximum atomic E-state index is 12.4. The summed E-state index contributed by atoms with van der Waals surface area (Å²) in [4.78, 5) is 25.8. The Labute approximate surface area is 119 Å². The smallest absolute Gasteiger partial charge is 0.245 e. The summed E-state index contributed by atoms with van der Waals surface area (Å²) in [7, 11) is 0. The number of piperazine rings is 1. The van der Waals surface area contributed by atoms with E-state index in [1.807, 2.05) is 26.0 Å². The Morgan fingerprint density at radius 3 is 2.95 bits per heavy atom. The highest BCUT2D eigenvalue weighted by atomic mass is 16.3. The quantitative estimate of drug-likeness (QED) is 0.862. The molecule has 1 fully saturated rings. The van der Waals surface area contributed by atoms with Crippen molar-refractivity contribution < 1.29 is 14.0 Å². The Morgan fingerprint density at radius 1 is 1.50 bits per heavy atom. The molecule has 20 heavy (non-hydrogen) atoms. The Kier molecular flexibility index (Phi) is 4.82. The van der Waals surface area contributed by atoms with Crippen LogP contribution in [0.1, 0.15) is 38.9 Å². The number of nitrogens with one attached hydrogen (secondary N) is 1. The molecule has 0 aromatic carbocycles. The fourth-order valence-corrected chi connectivity index (χ4v) is 2.55. The maximum Gasteiger partial charge on any atom is 0.245 e. The molecule has 1 aromatic heterocycles. The second-order valence-corrected chi connectivity index (χ2v) is 5.34. The number of hydrogen-bond donors (Lipinski definition) is 1. The van der Waals surface area contributed by atoms with Crippen LogP contribution in [0, 0.1) is 0 Å². The first kappa shape index (κ1) is 14.6. The first-order valence-corrected chi connectivity index (χ1v) is 7.24. The van der Waals surface area contributed by atoms with Gasteiger partial charge < -0.3 is 14.6 Å². The van der Waals surface area contributed by atoms with Crippen LogP contribution < -0.4 is 5.32 Å². The van der Waals surface area contributed by atoms with Crippen LogP contribution in [0.4, 0.5) is 0 Å². The van der Waals surface area contributed by atoms with Crippen molar-refractivity contribution in [1.29, 1.82) is 0 Å². The number of nitrogens with zero attached hydrogens (tertiary/aromatic N) is 1. The number of hydrogen-bond acceptors (Lipinski definition) is 3. The van der Waals surface area contributed by atoms with Gasteiger partial charge in [-0.2, -0.15) is 0 Å². The molecule has 2 amide bonds. The average molecular weight is 278 g/mol. The maximum absolute atomic E-state index is 12.4. The highest BCUT2D eigenvalue weighted by Crippen LogP contribution is 2.15. The molecule has 1 aliphatic rings. The van der Waals surface area contributed by atoms with Crippen molar-refractivity contribution in [3.05, 3.63) is 24.2 Å². The van der Waals surface area contributed by atoms with Crippen molar-refractivity contribution in [1.82, 2.24) is 10.2 Å². The molecule has 1 N–H and O–H groups in total. The van der Waals surface area contributed by atoms with Crippen LogP contribution >= 0.6 is 0 Å². The van der Waals surface area contributed by atoms with E-state index in [1.165, 1.54) is 0 Å². The lowest BCUT2D eigenvalue weighted by molar-refractivity contribution is -0.146. The average Bonchev–Trinajstić information content (AvgIpc) is 2.93. The van der Waals surface area contributed by atoms with E-state index < -0.39 is 0 Å². The van der Waals surface area contributed by atoms with Crippen LogP contribution in [0.25, 0.3) is 0 Å². The summed E-state index contributed by atoms with van der Waals surface area (Å²) in [5, 5.41) is 2.77. The minimum atomic E-state index is -0.354. The molecule has 0 saturated carbocycles. The van der Waals surface area contributed by atoms with E-state index in [-0.39, 0.29) is 30.4 Å².